The maximum atomic E-state index is 12.1. The fraction of sp³-hybridized carbons (Fsp3) is 0.938. The monoisotopic (exact) mass is 281 g/mol. The molecule has 2 heterocycles. The van der Waals surface area contributed by atoms with Crippen LogP contribution in [0.1, 0.15) is 44.9 Å². The first-order valence-electron chi connectivity index (χ1n) is 8.44. The summed E-state index contributed by atoms with van der Waals surface area (Å²) in [7, 11) is 2.11. The Morgan fingerprint density at radius 2 is 1.85 bits per heavy atom. The Morgan fingerprint density at radius 1 is 1.10 bits per heavy atom. The molecule has 2 aliphatic rings. The van der Waals surface area contributed by atoms with Crippen LogP contribution in [0.15, 0.2) is 0 Å². The summed E-state index contributed by atoms with van der Waals surface area (Å²) in [6.45, 7) is 6.56. The van der Waals surface area contributed by atoms with Crippen molar-refractivity contribution in [3.8, 4) is 0 Å². The number of hydrogen-bond donors (Lipinski definition) is 1. The van der Waals surface area contributed by atoms with Crippen LogP contribution in [-0.2, 0) is 4.79 Å². The van der Waals surface area contributed by atoms with Gasteiger partial charge in [-0.05, 0) is 65.3 Å². The van der Waals surface area contributed by atoms with E-state index in [1.165, 1.54) is 38.8 Å². The van der Waals surface area contributed by atoms with Crippen molar-refractivity contribution in [1.29, 1.82) is 0 Å². The van der Waals surface area contributed by atoms with Gasteiger partial charge in [-0.2, -0.15) is 0 Å². The predicted octanol–water partition coefficient (Wildman–Crippen LogP) is 1.71. The molecule has 2 aliphatic heterocycles. The van der Waals surface area contributed by atoms with Crippen LogP contribution in [0.3, 0.4) is 0 Å². The first kappa shape index (κ1) is 15.8. The molecule has 1 N–H and O–H groups in total. The van der Waals surface area contributed by atoms with Crippen LogP contribution in [0, 0.1) is 5.92 Å². The standard InChI is InChI=1S/C16H31N3O/c1-18-10-6-8-15(14-18)16(20)17-9-7-13-19-11-4-2-3-5-12-19/h15H,2-14H2,1H3,(H,17,20)/t15-/m0/s1. The van der Waals surface area contributed by atoms with Crippen molar-refractivity contribution in [2.45, 2.75) is 44.9 Å². The fourth-order valence-electron chi connectivity index (χ4n) is 3.40. The van der Waals surface area contributed by atoms with Crippen molar-refractivity contribution in [2.75, 3.05) is 46.3 Å². The fourth-order valence-corrected chi connectivity index (χ4v) is 3.40. The number of hydrogen-bond acceptors (Lipinski definition) is 3. The van der Waals surface area contributed by atoms with E-state index in [2.05, 4.69) is 22.2 Å². The van der Waals surface area contributed by atoms with E-state index >= 15 is 0 Å². The van der Waals surface area contributed by atoms with Gasteiger partial charge in [0.05, 0.1) is 5.92 Å². The molecule has 0 spiro atoms. The molecule has 1 amide bonds. The maximum absolute atomic E-state index is 12.1. The number of rotatable bonds is 5. The highest BCUT2D eigenvalue weighted by Crippen LogP contribution is 2.15. The van der Waals surface area contributed by atoms with Gasteiger partial charge in [-0.1, -0.05) is 12.8 Å². The lowest BCUT2D eigenvalue weighted by molar-refractivity contribution is -0.126. The molecular weight excluding hydrogens is 250 g/mol. The first-order valence-corrected chi connectivity index (χ1v) is 8.44. The molecule has 0 aromatic rings. The molecule has 0 bridgehead atoms. The third kappa shape index (κ3) is 5.41. The lowest BCUT2D eigenvalue weighted by atomic mass is 9.97. The highest BCUT2D eigenvalue weighted by molar-refractivity contribution is 5.78. The number of nitrogens with zero attached hydrogens (tertiary/aromatic N) is 2. The quantitative estimate of drug-likeness (QED) is 0.779. The van der Waals surface area contributed by atoms with Crippen molar-refractivity contribution in [3.05, 3.63) is 0 Å². The summed E-state index contributed by atoms with van der Waals surface area (Å²) in [5.41, 5.74) is 0. The Balaban J connectivity index is 1.56. The minimum Gasteiger partial charge on any atom is -0.356 e. The molecule has 0 saturated carbocycles. The maximum Gasteiger partial charge on any atom is 0.224 e. The summed E-state index contributed by atoms with van der Waals surface area (Å²) in [6.07, 6.45) is 8.78. The van der Waals surface area contributed by atoms with E-state index < -0.39 is 0 Å². The molecule has 2 fully saturated rings. The molecule has 2 rings (SSSR count). The number of piperidine rings is 1. The summed E-state index contributed by atoms with van der Waals surface area (Å²) in [6, 6.07) is 0. The van der Waals surface area contributed by atoms with Gasteiger partial charge >= 0.3 is 0 Å². The second-order valence-electron chi connectivity index (χ2n) is 6.50. The summed E-state index contributed by atoms with van der Waals surface area (Å²) in [5, 5.41) is 3.14. The molecular formula is C16H31N3O. The molecule has 4 nitrogen and oxygen atoms in total. The van der Waals surface area contributed by atoms with Crippen LogP contribution in [0.5, 0.6) is 0 Å². The molecule has 20 heavy (non-hydrogen) atoms. The van der Waals surface area contributed by atoms with Crippen LogP contribution in [0.4, 0.5) is 0 Å². The summed E-state index contributed by atoms with van der Waals surface area (Å²) >= 11 is 0. The zero-order chi connectivity index (χ0) is 14.2. The third-order valence-electron chi connectivity index (χ3n) is 4.64. The van der Waals surface area contributed by atoms with Gasteiger partial charge in [0.15, 0.2) is 0 Å². The molecule has 1 atom stereocenters. The van der Waals surface area contributed by atoms with E-state index in [0.29, 0.717) is 0 Å². The predicted molar refractivity (Wildman–Crippen MR) is 82.8 cm³/mol. The molecule has 0 aliphatic carbocycles. The molecule has 0 unspecified atom stereocenters. The smallest absolute Gasteiger partial charge is 0.224 e. The van der Waals surface area contributed by atoms with Gasteiger partial charge in [-0.3, -0.25) is 4.79 Å². The molecule has 116 valence electrons. The summed E-state index contributed by atoms with van der Waals surface area (Å²) in [4.78, 5) is 16.9. The number of amides is 1. The Bertz CT molecular complexity index is 287. The van der Waals surface area contributed by atoms with Crippen molar-refractivity contribution < 1.29 is 4.79 Å². The third-order valence-corrected chi connectivity index (χ3v) is 4.64. The zero-order valence-corrected chi connectivity index (χ0v) is 13.1. The average Bonchev–Trinajstić information content (AvgIpc) is 2.72. The van der Waals surface area contributed by atoms with E-state index in [1.807, 2.05) is 0 Å². The largest absolute Gasteiger partial charge is 0.356 e. The van der Waals surface area contributed by atoms with Gasteiger partial charge in [-0.15, -0.1) is 0 Å². The Labute approximate surface area is 123 Å². The van der Waals surface area contributed by atoms with E-state index in [9.17, 15) is 4.79 Å². The van der Waals surface area contributed by atoms with Gasteiger partial charge in [0.25, 0.3) is 0 Å². The lowest BCUT2D eigenvalue weighted by Gasteiger charge is -2.28. The minimum absolute atomic E-state index is 0.215. The van der Waals surface area contributed by atoms with Crippen molar-refractivity contribution in [3.63, 3.8) is 0 Å². The molecule has 0 aromatic carbocycles. The Kier molecular flexibility index (Phi) is 6.80. The number of likely N-dealkylation sites (tertiary alicyclic amines) is 2. The van der Waals surface area contributed by atoms with Crippen LogP contribution >= 0.6 is 0 Å². The van der Waals surface area contributed by atoms with Crippen LogP contribution in [0.2, 0.25) is 0 Å². The topological polar surface area (TPSA) is 35.6 Å². The average molecular weight is 281 g/mol. The SMILES string of the molecule is CN1CCC[C@H](C(=O)NCCCN2CCCCCC2)C1. The zero-order valence-electron chi connectivity index (χ0n) is 13.1. The van der Waals surface area contributed by atoms with Crippen molar-refractivity contribution in [2.24, 2.45) is 5.92 Å². The van der Waals surface area contributed by atoms with Crippen LogP contribution in [0.25, 0.3) is 0 Å². The van der Waals surface area contributed by atoms with Gasteiger partial charge in [0.1, 0.15) is 0 Å². The molecule has 4 heteroatoms. The highest BCUT2D eigenvalue weighted by atomic mass is 16.1. The second-order valence-corrected chi connectivity index (χ2v) is 6.50. The van der Waals surface area contributed by atoms with E-state index in [-0.39, 0.29) is 11.8 Å². The van der Waals surface area contributed by atoms with Crippen molar-refractivity contribution in [1.82, 2.24) is 15.1 Å². The minimum atomic E-state index is 0.215. The van der Waals surface area contributed by atoms with E-state index in [1.54, 1.807) is 0 Å². The lowest BCUT2D eigenvalue weighted by Crippen LogP contribution is -2.42. The molecule has 0 aromatic heterocycles. The normalized spacial score (nSPS) is 26.1. The number of carbonyl (C=O) groups is 1. The molecule has 2 saturated heterocycles. The number of carbonyl (C=O) groups excluding carboxylic acids is 1. The van der Waals surface area contributed by atoms with Gasteiger partial charge in [0.2, 0.25) is 5.91 Å². The highest BCUT2D eigenvalue weighted by Gasteiger charge is 2.23. The van der Waals surface area contributed by atoms with E-state index in [4.69, 9.17) is 0 Å². The molecule has 0 radical (unpaired) electrons. The number of nitrogens with one attached hydrogen (secondary N) is 1. The summed E-state index contributed by atoms with van der Waals surface area (Å²) < 4.78 is 0. The van der Waals surface area contributed by atoms with Gasteiger partial charge in [0, 0.05) is 13.1 Å². The Hall–Kier alpha value is -0.610. The van der Waals surface area contributed by atoms with Crippen LogP contribution in [-0.4, -0.2) is 62.0 Å². The first-order chi connectivity index (χ1) is 9.75. The van der Waals surface area contributed by atoms with E-state index in [0.717, 1.165) is 45.4 Å². The second kappa shape index (κ2) is 8.63. The van der Waals surface area contributed by atoms with Crippen LogP contribution < -0.4 is 5.32 Å². The van der Waals surface area contributed by atoms with Gasteiger partial charge < -0.3 is 15.1 Å². The van der Waals surface area contributed by atoms with Crippen molar-refractivity contribution >= 4 is 5.91 Å². The Morgan fingerprint density at radius 3 is 2.55 bits per heavy atom. The van der Waals surface area contributed by atoms with Gasteiger partial charge in [-0.25, -0.2) is 0 Å². The summed E-state index contributed by atoms with van der Waals surface area (Å²) in [5.74, 6) is 0.486.